The van der Waals surface area contributed by atoms with Gasteiger partial charge >= 0.3 is 23.9 Å². The van der Waals surface area contributed by atoms with Crippen molar-refractivity contribution in [1.29, 1.82) is 0 Å². The van der Waals surface area contributed by atoms with Crippen LogP contribution in [0, 0.1) is 0 Å². The molecule has 3 aromatic carbocycles. The SMILES string of the molecule is O=C(C=Cc1ccc(O)c(O)c1)OC(=O)C1(O)C[C@H](OC(=O)C=Cc2ccc(O)c(O)c2)C(O)[C@H](OC(=O)C=Cc2ccc(O)c(O)c2)C1. The molecule has 0 heterocycles. The summed E-state index contributed by atoms with van der Waals surface area (Å²) in [6.45, 7) is 0. The van der Waals surface area contributed by atoms with Gasteiger partial charge in [0, 0.05) is 31.1 Å². The third kappa shape index (κ3) is 9.37. The maximum atomic E-state index is 13.1. The first-order chi connectivity index (χ1) is 23.1. The summed E-state index contributed by atoms with van der Waals surface area (Å²) < 4.78 is 15.3. The zero-order valence-corrected chi connectivity index (χ0v) is 25.2. The maximum Gasteiger partial charge on any atom is 0.346 e. The standard InChI is InChI=1S/C34H30O15/c35-21-7-1-18(13-24(21)38)4-10-29(41)47-27-16-34(46,33(45)49-31(43)12-6-20-3-9-23(37)26(40)15-20)17-28(32(27)44)48-30(42)11-5-19-2-8-22(36)25(39)14-19/h1-15,27-28,32,35-40,44,46H,16-17H2/t27-,28+,32?,34?. The third-order valence-corrected chi connectivity index (χ3v) is 7.18. The Hall–Kier alpha value is -6.32. The van der Waals surface area contributed by atoms with Crippen LogP contribution in [0.15, 0.2) is 72.8 Å². The predicted octanol–water partition coefficient (Wildman–Crippen LogP) is 2.14. The highest BCUT2D eigenvalue weighted by molar-refractivity contribution is 5.97. The summed E-state index contributed by atoms with van der Waals surface area (Å²) in [5, 5.41) is 79.5. The molecule has 1 fully saturated rings. The van der Waals surface area contributed by atoms with E-state index < -0.39 is 95.1 Å². The van der Waals surface area contributed by atoms with Crippen LogP contribution in [-0.4, -0.2) is 88.6 Å². The van der Waals surface area contributed by atoms with Crippen LogP contribution < -0.4 is 0 Å². The highest BCUT2D eigenvalue weighted by atomic mass is 16.6. The minimum absolute atomic E-state index is 0.240. The van der Waals surface area contributed by atoms with Crippen molar-refractivity contribution in [1.82, 2.24) is 0 Å². The zero-order chi connectivity index (χ0) is 35.9. The first-order valence-electron chi connectivity index (χ1n) is 14.3. The van der Waals surface area contributed by atoms with Crippen molar-refractivity contribution in [2.75, 3.05) is 0 Å². The van der Waals surface area contributed by atoms with Crippen LogP contribution >= 0.6 is 0 Å². The number of hydrogen-bond donors (Lipinski definition) is 8. The van der Waals surface area contributed by atoms with Crippen LogP contribution in [0.2, 0.25) is 0 Å². The topological polar surface area (TPSA) is 258 Å². The molecular formula is C34H30O15. The minimum atomic E-state index is -2.64. The van der Waals surface area contributed by atoms with Gasteiger partial charge in [-0.15, -0.1) is 0 Å². The number of carbonyl (C=O) groups excluding carboxylic acids is 4. The van der Waals surface area contributed by atoms with Crippen LogP contribution in [0.3, 0.4) is 0 Å². The van der Waals surface area contributed by atoms with Crippen LogP contribution in [0.25, 0.3) is 18.2 Å². The van der Waals surface area contributed by atoms with Crippen molar-refractivity contribution >= 4 is 42.1 Å². The van der Waals surface area contributed by atoms with Gasteiger partial charge in [-0.25, -0.2) is 19.2 Å². The Balaban J connectivity index is 1.52. The van der Waals surface area contributed by atoms with E-state index in [1.807, 2.05) is 0 Å². The summed E-state index contributed by atoms with van der Waals surface area (Å²) >= 11 is 0. The van der Waals surface area contributed by atoms with Crippen molar-refractivity contribution < 1.29 is 74.2 Å². The van der Waals surface area contributed by atoms with Crippen molar-refractivity contribution in [3.8, 4) is 34.5 Å². The maximum absolute atomic E-state index is 13.1. The van der Waals surface area contributed by atoms with Gasteiger partial charge < -0.3 is 55.1 Å². The minimum Gasteiger partial charge on any atom is -0.504 e. The monoisotopic (exact) mass is 678 g/mol. The fourth-order valence-corrected chi connectivity index (χ4v) is 4.64. The second-order valence-corrected chi connectivity index (χ2v) is 10.8. The second kappa shape index (κ2) is 15.1. The lowest BCUT2D eigenvalue weighted by Crippen LogP contribution is -2.58. The number of hydrogen-bond acceptors (Lipinski definition) is 15. The lowest BCUT2D eigenvalue weighted by Gasteiger charge is -2.41. The Kier molecular flexibility index (Phi) is 10.9. The van der Waals surface area contributed by atoms with E-state index in [0.717, 1.165) is 48.6 Å². The number of phenols is 6. The quantitative estimate of drug-likeness (QED) is 0.0530. The van der Waals surface area contributed by atoms with Crippen LogP contribution in [0.4, 0.5) is 0 Å². The first kappa shape index (κ1) is 35.5. The fraction of sp³-hybridized carbons (Fsp3) is 0.176. The number of carbonyl (C=O) groups is 4. The zero-order valence-electron chi connectivity index (χ0n) is 25.2. The number of aliphatic hydroxyl groups excluding tert-OH is 1. The Morgan fingerprint density at radius 3 is 1.27 bits per heavy atom. The van der Waals surface area contributed by atoms with Crippen LogP contribution in [-0.2, 0) is 33.4 Å². The van der Waals surface area contributed by atoms with E-state index in [-0.39, 0.29) is 16.7 Å². The van der Waals surface area contributed by atoms with Gasteiger partial charge in [-0.3, -0.25) is 0 Å². The van der Waals surface area contributed by atoms with Gasteiger partial charge in [0.05, 0.1) is 0 Å². The molecule has 49 heavy (non-hydrogen) atoms. The normalized spacial score (nSPS) is 20.7. The summed E-state index contributed by atoms with van der Waals surface area (Å²) in [4.78, 5) is 50.8. The van der Waals surface area contributed by atoms with Gasteiger partial charge in [0.2, 0.25) is 0 Å². The molecule has 15 nitrogen and oxygen atoms in total. The smallest absolute Gasteiger partial charge is 0.346 e. The molecule has 1 saturated carbocycles. The van der Waals surface area contributed by atoms with Gasteiger partial charge in [0.25, 0.3) is 0 Å². The summed E-state index contributed by atoms with van der Waals surface area (Å²) in [7, 11) is 0. The number of ether oxygens (including phenoxy) is 3. The van der Waals surface area contributed by atoms with Gasteiger partial charge in [-0.1, -0.05) is 18.2 Å². The lowest BCUT2D eigenvalue weighted by molar-refractivity contribution is -0.206. The van der Waals surface area contributed by atoms with E-state index in [1.54, 1.807) is 0 Å². The number of rotatable bonds is 9. The highest BCUT2D eigenvalue weighted by Gasteiger charge is 2.53. The lowest BCUT2D eigenvalue weighted by atomic mass is 9.79. The molecule has 15 heteroatoms. The van der Waals surface area contributed by atoms with Crippen molar-refractivity contribution in [3.05, 3.63) is 89.5 Å². The molecule has 2 unspecified atom stereocenters. The number of phenolic OH excluding ortho intramolecular Hbond substituents is 6. The van der Waals surface area contributed by atoms with Crippen LogP contribution in [0.1, 0.15) is 29.5 Å². The van der Waals surface area contributed by atoms with Gasteiger partial charge in [-0.2, -0.15) is 0 Å². The Morgan fingerprint density at radius 2 is 0.918 bits per heavy atom. The second-order valence-electron chi connectivity index (χ2n) is 10.8. The van der Waals surface area contributed by atoms with Crippen LogP contribution in [0.5, 0.6) is 34.5 Å². The summed E-state index contributed by atoms with van der Waals surface area (Å²) in [5.41, 5.74) is -1.87. The van der Waals surface area contributed by atoms with E-state index in [4.69, 9.17) is 14.2 Å². The van der Waals surface area contributed by atoms with Crippen molar-refractivity contribution in [2.45, 2.75) is 36.8 Å². The van der Waals surface area contributed by atoms with E-state index in [9.17, 15) is 60.0 Å². The predicted molar refractivity (Wildman–Crippen MR) is 167 cm³/mol. The molecule has 0 spiro atoms. The van der Waals surface area contributed by atoms with Crippen molar-refractivity contribution in [3.63, 3.8) is 0 Å². The molecule has 0 saturated heterocycles. The average Bonchev–Trinajstić information content (AvgIpc) is 3.05. The molecule has 256 valence electrons. The van der Waals surface area contributed by atoms with E-state index >= 15 is 0 Å². The molecule has 4 atom stereocenters. The number of aliphatic hydroxyl groups is 2. The molecule has 0 aliphatic heterocycles. The summed E-state index contributed by atoms with van der Waals surface area (Å²) in [5.74, 6) is -7.61. The molecule has 0 aromatic heterocycles. The molecule has 0 radical (unpaired) electrons. The molecule has 4 rings (SSSR count). The van der Waals surface area contributed by atoms with E-state index in [1.165, 1.54) is 42.5 Å². The number of benzene rings is 3. The first-order valence-corrected chi connectivity index (χ1v) is 14.3. The Bertz CT molecular complexity index is 1760. The number of esters is 4. The molecular weight excluding hydrogens is 648 g/mol. The third-order valence-electron chi connectivity index (χ3n) is 7.18. The van der Waals surface area contributed by atoms with E-state index in [2.05, 4.69) is 0 Å². The molecule has 3 aromatic rings. The van der Waals surface area contributed by atoms with E-state index in [0.29, 0.717) is 0 Å². The molecule has 1 aliphatic carbocycles. The highest BCUT2D eigenvalue weighted by Crippen LogP contribution is 2.35. The molecule has 8 N–H and O–H groups in total. The van der Waals surface area contributed by atoms with Crippen molar-refractivity contribution in [2.24, 2.45) is 0 Å². The number of aromatic hydroxyl groups is 6. The largest absolute Gasteiger partial charge is 0.504 e. The fourth-order valence-electron chi connectivity index (χ4n) is 4.64. The van der Waals surface area contributed by atoms with Gasteiger partial charge in [0.1, 0.15) is 18.3 Å². The average molecular weight is 679 g/mol. The Morgan fingerprint density at radius 1 is 0.571 bits per heavy atom. The van der Waals surface area contributed by atoms with Gasteiger partial charge in [0.15, 0.2) is 40.1 Å². The molecule has 0 bridgehead atoms. The van der Waals surface area contributed by atoms with Gasteiger partial charge in [-0.05, 0) is 71.3 Å². The summed E-state index contributed by atoms with van der Waals surface area (Å²) in [6, 6.07) is 10.9. The summed E-state index contributed by atoms with van der Waals surface area (Å²) in [6.07, 6.45) is -0.701. The molecule has 1 aliphatic rings. The Labute approximate surface area is 277 Å². The molecule has 0 amide bonds.